The van der Waals surface area contributed by atoms with E-state index < -0.39 is 9.84 Å². The van der Waals surface area contributed by atoms with Gasteiger partial charge >= 0.3 is 0 Å². The molecule has 7 heteroatoms. The number of allylic oxidation sites excluding steroid dienone is 1. The number of phenols is 1. The van der Waals surface area contributed by atoms with Crippen LogP contribution < -0.4 is 0 Å². The van der Waals surface area contributed by atoms with Gasteiger partial charge in [-0.25, -0.2) is 8.42 Å². The van der Waals surface area contributed by atoms with Gasteiger partial charge in [-0.05, 0) is 58.9 Å². The molecule has 2 aromatic carbocycles. The minimum Gasteiger partial charge on any atom is -0.507 e. The molecule has 0 aromatic heterocycles. The first-order valence-electron chi connectivity index (χ1n) is 11.0. The average Bonchev–Trinajstić information content (AvgIpc) is 2.72. The van der Waals surface area contributed by atoms with Crippen LogP contribution in [0.25, 0.3) is 6.08 Å². The second kappa shape index (κ2) is 9.63. The highest BCUT2D eigenvalue weighted by molar-refractivity contribution is 7.95. The lowest BCUT2D eigenvalue weighted by Gasteiger charge is -2.28. The van der Waals surface area contributed by atoms with Crippen molar-refractivity contribution < 1.29 is 18.3 Å². The molecule has 0 heterocycles. The fourth-order valence-corrected chi connectivity index (χ4v) is 4.90. The fourth-order valence-electron chi connectivity index (χ4n) is 3.56. The summed E-state index contributed by atoms with van der Waals surface area (Å²) in [5, 5.41) is 20.3. The van der Waals surface area contributed by atoms with E-state index >= 15 is 0 Å². The van der Waals surface area contributed by atoms with Gasteiger partial charge in [0.05, 0.1) is 22.3 Å². The highest BCUT2D eigenvalue weighted by Crippen LogP contribution is 2.40. The molecule has 0 radical (unpaired) electrons. The molecule has 1 amide bonds. The Hall–Kier alpha value is -3.11. The Morgan fingerprint density at radius 2 is 1.47 bits per heavy atom. The van der Waals surface area contributed by atoms with Crippen LogP contribution in [0, 0.1) is 11.3 Å². The number of amides is 1. The van der Waals surface area contributed by atoms with Crippen LogP contribution in [0.1, 0.15) is 75.0 Å². The van der Waals surface area contributed by atoms with Gasteiger partial charge in [0.2, 0.25) is 9.84 Å². The normalized spacial score (nSPS) is 12.9. The smallest absolute Gasteiger partial charge is 0.253 e. The summed E-state index contributed by atoms with van der Waals surface area (Å²) < 4.78 is 26.8. The number of aromatic hydroxyl groups is 1. The van der Waals surface area contributed by atoms with E-state index in [0.717, 1.165) is 0 Å². The van der Waals surface area contributed by atoms with Crippen molar-refractivity contribution in [2.24, 2.45) is 0 Å². The highest BCUT2D eigenvalue weighted by atomic mass is 32.2. The van der Waals surface area contributed by atoms with Crippen molar-refractivity contribution in [3.05, 3.63) is 63.6 Å². The lowest BCUT2D eigenvalue weighted by Crippen LogP contribution is -2.21. The highest BCUT2D eigenvalue weighted by Gasteiger charge is 2.27. The Bertz CT molecular complexity index is 1220. The van der Waals surface area contributed by atoms with E-state index in [2.05, 4.69) is 0 Å². The van der Waals surface area contributed by atoms with Crippen LogP contribution in [0.2, 0.25) is 0 Å². The van der Waals surface area contributed by atoms with E-state index in [0.29, 0.717) is 22.3 Å². The third kappa shape index (κ3) is 5.87. The van der Waals surface area contributed by atoms with Crippen LogP contribution in [0.4, 0.5) is 0 Å². The van der Waals surface area contributed by atoms with Crippen LogP contribution >= 0.6 is 0 Å². The fraction of sp³-hybridized carbons (Fsp3) is 0.407. The van der Waals surface area contributed by atoms with Gasteiger partial charge in [-0.1, -0.05) is 41.5 Å². The van der Waals surface area contributed by atoms with Gasteiger partial charge in [0, 0.05) is 30.8 Å². The van der Waals surface area contributed by atoms with Gasteiger partial charge in [0.15, 0.2) is 0 Å². The second-order valence-electron chi connectivity index (χ2n) is 10.6. The number of nitriles is 1. The molecule has 182 valence electrons. The first-order chi connectivity index (χ1) is 15.5. The van der Waals surface area contributed by atoms with Crippen molar-refractivity contribution >= 4 is 21.8 Å². The third-order valence-corrected chi connectivity index (χ3v) is 7.34. The summed E-state index contributed by atoms with van der Waals surface area (Å²) in [6.07, 6.45) is 1.19. The Morgan fingerprint density at radius 1 is 1.00 bits per heavy atom. The van der Waals surface area contributed by atoms with Crippen LogP contribution in [-0.4, -0.2) is 38.4 Å². The molecule has 0 spiro atoms. The van der Waals surface area contributed by atoms with Gasteiger partial charge in [-0.15, -0.1) is 0 Å². The molecule has 0 atom stereocenters. The van der Waals surface area contributed by atoms with Crippen molar-refractivity contribution in [2.45, 2.75) is 63.7 Å². The molecular weight excluding hydrogens is 448 g/mol. The van der Waals surface area contributed by atoms with Crippen molar-refractivity contribution in [1.29, 1.82) is 5.26 Å². The quantitative estimate of drug-likeness (QED) is 0.614. The summed E-state index contributed by atoms with van der Waals surface area (Å²) in [4.78, 5) is 13.5. The molecule has 0 bridgehead atoms. The minimum absolute atomic E-state index is 0.00942. The number of benzene rings is 2. The van der Waals surface area contributed by atoms with Crippen molar-refractivity contribution in [1.82, 2.24) is 4.90 Å². The maximum absolute atomic E-state index is 13.4. The standard InChI is InChI=1S/C27H34N2O4S/c1-26(2,3)22-16-18(17-23(24(22)30)27(4,5)6)15-21(13-14-28)34(32,33)20-11-9-19(10-12-20)25(31)29(7)8/h9-12,15-17,30H,13H2,1-8H3/b21-15+. The second-order valence-corrected chi connectivity index (χ2v) is 12.6. The number of rotatable bonds is 5. The first-order valence-corrected chi connectivity index (χ1v) is 12.5. The third-order valence-electron chi connectivity index (χ3n) is 5.49. The molecule has 2 rings (SSSR count). The Kier molecular flexibility index (Phi) is 7.69. The molecule has 2 aromatic rings. The van der Waals surface area contributed by atoms with Gasteiger partial charge in [0.1, 0.15) is 5.75 Å². The van der Waals surface area contributed by atoms with Gasteiger partial charge in [0.25, 0.3) is 5.91 Å². The summed E-state index contributed by atoms with van der Waals surface area (Å²) >= 11 is 0. The lowest BCUT2D eigenvalue weighted by atomic mass is 9.78. The largest absolute Gasteiger partial charge is 0.507 e. The van der Waals surface area contributed by atoms with E-state index in [1.807, 2.05) is 47.6 Å². The summed E-state index contributed by atoms with van der Waals surface area (Å²) in [5.74, 6) is -0.0340. The molecule has 0 fully saturated rings. The van der Waals surface area contributed by atoms with Crippen LogP contribution in [-0.2, 0) is 20.7 Å². The number of phenolic OH excluding ortho intramolecular Hbond substituents is 1. The molecular formula is C27H34N2O4S. The molecule has 0 unspecified atom stereocenters. The zero-order chi connectivity index (χ0) is 26.1. The minimum atomic E-state index is -3.98. The Balaban J connectivity index is 2.69. The van der Waals surface area contributed by atoms with Gasteiger partial charge in [-0.2, -0.15) is 5.26 Å². The number of carbonyl (C=O) groups is 1. The number of nitrogens with zero attached hydrogens (tertiary/aromatic N) is 2. The SMILES string of the molecule is CN(C)C(=O)c1ccc(S(=O)(=O)/C(=C/c2cc(C(C)(C)C)c(O)c(C(C)(C)C)c2)CC#N)cc1. The van der Waals surface area contributed by atoms with Crippen LogP contribution in [0.15, 0.2) is 46.2 Å². The molecule has 1 N–H and O–H groups in total. The molecule has 0 aliphatic heterocycles. The van der Waals surface area contributed by atoms with E-state index in [1.54, 1.807) is 26.2 Å². The average molecular weight is 483 g/mol. The van der Waals surface area contributed by atoms with Crippen molar-refractivity contribution in [3.8, 4) is 11.8 Å². The van der Waals surface area contributed by atoms with Crippen LogP contribution in [0.5, 0.6) is 5.75 Å². The molecule has 0 saturated carbocycles. The zero-order valence-electron chi connectivity index (χ0n) is 21.2. The van der Waals surface area contributed by atoms with E-state index in [-0.39, 0.29) is 38.7 Å². The van der Waals surface area contributed by atoms with Crippen LogP contribution in [0.3, 0.4) is 0 Å². The Labute approximate surface area is 203 Å². The maximum atomic E-state index is 13.4. The number of sulfone groups is 1. The summed E-state index contributed by atoms with van der Waals surface area (Å²) in [7, 11) is -0.737. The summed E-state index contributed by atoms with van der Waals surface area (Å²) in [6.45, 7) is 11.9. The molecule has 34 heavy (non-hydrogen) atoms. The van der Waals surface area contributed by atoms with Gasteiger partial charge < -0.3 is 10.0 Å². The zero-order valence-corrected chi connectivity index (χ0v) is 22.0. The predicted molar refractivity (Wildman–Crippen MR) is 135 cm³/mol. The van der Waals surface area contributed by atoms with E-state index in [4.69, 9.17) is 0 Å². The monoisotopic (exact) mass is 482 g/mol. The number of carbonyl (C=O) groups excluding carboxylic acids is 1. The predicted octanol–water partition coefficient (Wildman–Crippen LogP) is 5.42. The lowest BCUT2D eigenvalue weighted by molar-refractivity contribution is 0.0827. The van der Waals surface area contributed by atoms with E-state index in [9.17, 15) is 23.6 Å². The molecule has 6 nitrogen and oxygen atoms in total. The number of hydrogen-bond donors (Lipinski definition) is 1. The Morgan fingerprint density at radius 3 is 1.85 bits per heavy atom. The molecule has 0 aliphatic rings. The first kappa shape index (κ1) is 27.1. The summed E-state index contributed by atoms with van der Waals surface area (Å²) in [6, 6.07) is 11.2. The molecule has 0 aliphatic carbocycles. The van der Waals surface area contributed by atoms with Crippen molar-refractivity contribution in [2.75, 3.05) is 14.1 Å². The summed E-state index contributed by atoms with van der Waals surface area (Å²) in [5.41, 5.74) is 1.62. The van der Waals surface area contributed by atoms with E-state index in [1.165, 1.54) is 35.2 Å². The molecule has 0 saturated heterocycles. The van der Waals surface area contributed by atoms with Gasteiger partial charge in [-0.3, -0.25) is 4.79 Å². The number of hydrogen-bond acceptors (Lipinski definition) is 5. The maximum Gasteiger partial charge on any atom is 0.253 e. The topological polar surface area (TPSA) is 98.5 Å². The van der Waals surface area contributed by atoms with Crippen molar-refractivity contribution in [3.63, 3.8) is 0 Å².